The molecule has 1 atom stereocenters. The van der Waals surface area contributed by atoms with Gasteiger partial charge in [0.1, 0.15) is 5.82 Å². The van der Waals surface area contributed by atoms with Crippen LogP contribution in [0.2, 0.25) is 0 Å². The Hall–Kier alpha value is -2.12. The van der Waals surface area contributed by atoms with Crippen molar-refractivity contribution in [2.45, 2.75) is 30.7 Å². The summed E-state index contributed by atoms with van der Waals surface area (Å²) in [5.41, 5.74) is 1.75. The molecule has 0 bridgehead atoms. The van der Waals surface area contributed by atoms with Crippen molar-refractivity contribution in [2.75, 3.05) is 35.8 Å². The van der Waals surface area contributed by atoms with Crippen molar-refractivity contribution < 1.29 is 12.8 Å². The van der Waals surface area contributed by atoms with Crippen LogP contribution < -0.4 is 9.62 Å². The number of nitrogens with one attached hydrogen (secondary N) is 1. The van der Waals surface area contributed by atoms with Crippen LogP contribution in [-0.2, 0) is 10.0 Å². The van der Waals surface area contributed by atoms with Crippen molar-refractivity contribution in [3.63, 3.8) is 0 Å². The van der Waals surface area contributed by atoms with Crippen LogP contribution in [0.4, 0.5) is 15.8 Å². The van der Waals surface area contributed by atoms with E-state index < -0.39 is 15.8 Å². The maximum absolute atomic E-state index is 14.7. The summed E-state index contributed by atoms with van der Waals surface area (Å²) in [5.74, 6) is -0.398. The van der Waals surface area contributed by atoms with Gasteiger partial charge < -0.3 is 4.90 Å². The number of piperazine rings is 1. The molecule has 2 heterocycles. The summed E-state index contributed by atoms with van der Waals surface area (Å²) in [6, 6.07) is 11.6. The molecule has 0 saturated carbocycles. The minimum absolute atomic E-state index is 0.162. The third kappa shape index (κ3) is 3.80. The van der Waals surface area contributed by atoms with Crippen LogP contribution in [0.25, 0.3) is 0 Å². The first-order chi connectivity index (χ1) is 12.9. The number of halogens is 1. The number of fused-ring (bicyclic) bond motifs is 1. The number of anilines is 2. The molecule has 0 radical (unpaired) electrons. The highest BCUT2D eigenvalue weighted by atomic mass is 32.2. The van der Waals surface area contributed by atoms with Gasteiger partial charge in [-0.2, -0.15) is 0 Å². The minimum atomic E-state index is -3.73. The van der Waals surface area contributed by atoms with Gasteiger partial charge in [-0.15, -0.1) is 0 Å². The van der Waals surface area contributed by atoms with Gasteiger partial charge in [-0.25, -0.2) is 12.8 Å². The van der Waals surface area contributed by atoms with E-state index in [0.717, 1.165) is 38.2 Å². The predicted molar refractivity (Wildman–Crippen MR) is 105 cm³/mol. The third-order valence-corrected chi connectivity index (χ3v) is 6.86. The molecule has 2 fully saturated rings. The van der Waals surface area contributed by atoms with Crippen molar-refractivity contribution in [2.24, 2.45) is 0 Å². The van der Waals surface area contributed by atoms with Gasteiger partial charge in [0.2, 0.25) is 0 Å². The molecule has 2 aliphatic rings. The Morgan fingerprint density at radius 1 is 1.07 bits per heavy atom. The summed E-state index contributed by atoms with van der Waals surface area (Å²) in [5, 5.41) is 0. The lowest BCUT2D eigenvalue weighted by Gasteiger charge is -2.39. The molecule has 4 rings (SSSR count). The highest BCUT2D eigenvalue weighted by Crippen LogP contribution is 2.29. The van der Waals surface area contributed by atoms with Gasteiger partial charge >= 0.3 is 0 Å². The molecule has 0 amide bonds. The number of aryl methyl sites for hydroxylation is 1. The maximum Gasteiger partial charge on any atom is 0.261 e. The second-order valence-electron chi connectivity index (χ2n) is 7.36. The van der Waals surface area contributed by atoms with Gasteiger partial charge in [-0.3, -0.25) is 9.62 Å². The first-order valence-corrected chi connectivity index (χ1v) is 10.8. The van der Waals surface area contributed by atoms with E-state index in [1.807, 2.05) is 6.92 Å². The maximum atomic E-state index is 14.7. The zero-order valence-electron chi connectivity index (χ0n) is 15.4. The molecule has 7 heteroatoms. The fourth-order valence-corrected chi connectivity index (χ4v) is 5.02. The van der Waals surface area contributed by atoms with Crippen LogP contribution >= 0.6 is 0 Å². The summed E-state index contributed by atoms with van der Waals surface area (Å²) in [7, 11) is -3.73. The number of rotatable bonds is 4. The van der Waals surface area contributed by atoms with Crippen molar-refractivity contribution in [1.82, 2.24) is 4.90 Å². The van der Waals surface area contributed by atoms with Gasteiger partial charge in [-0.1, -0.05) is 17.7 Å². The molecule has 2 aromatic carbocycles. The lowest BCUT2D eigenvalue weighted by atomic mass is 10.1. The molecule has 2 aromatic rings. The van der Waals surface area contributed by atoms with Crippen LogP contribution in [0.5, 0.6) is 0 Å². The minimum Gasteiger partial charge on any atom is -0.366 e. The average molecular weight is 389 g/mol. The SMILES string of the molecule is Cc1ccc(S(=O)(=O)Nc2ccc(N3CCN4CCCC4C3)c(F)c2)cc1. The van der Waals surface area contributed by atoms with Crippen LogP contribution in [0, 0.1) is 12.7 Å². The van der Waals surface area contributed by atoms with Crippen LogP contribution in [0.1, 0.15) is 18.4 Å². The Morgan fingerprint density at radius 3 is 2.59 bits per heavy atom. The number of sulfonamides is 1. The molecule has 1 unspecified atom stereocenters. The normalized spacial score (nSPS) is 20.5. The fourth-order valence-electron chi connectivity index (χ4n) is 3.97. The summed E-state index contributed by atoms with van der Waals surface area (Å²) >= 11 is 0. The van der Waals surface area contributed by atoms with Crippen molar-refractivity contribution in [3.05, 3.63) is 53.8 Å². The molecule has 1 N–H and O–H groups in total. The highest BCUT2D eigenvalue weighted by Gasteiger charge is 2.31. The molecule has 27 heavy (non-hydrogen) atoms. The Bertz CT molecular complexity index is 931. The summed E-state index contributed by atoms with van der Waals surface area (Å²) in [4.78, 5) is 4.70. The van der Waals surface area contributed by atoms with Crippen LogP contribution in [0.3, 0.4) is 0 Å². The third-order valence-electron chi connectivity index (χ3n) is 5.46. The summed E-state index contributed by atoms with van der Waals surface area (Å²) < 4.78 is 42.2. The molecular formula is C20H24FN3O2S. The van der Waals surface area contributed by atoms with E-state index >= 15 is 0 Å². The smallest absolute Gasteiger partial charge is 0.261 e. The van der Waals surface area contributed by atoms with E-state index in [2.05, 4.69) is 14.5 Å². The summed E-state index contributed by atoms with van der Waals surface area (Å²) in [6.07, 6.45) is 2.37. The molecule has 2 saturated heterocycles. The number of hydrogen-bond donors (Lipinski definition) is 1. The molecule has 0 spiro atoms. The molecule has 5 nitrogen and oxygen atoms in total. The predicted octanol–water partition coefficient (Wildman–Crippen LogP) is 3.22. The van der Waals surface area contributed by atoms with E-state index in [1.165, 1.54) is 12.5 Å². The number of hydrogen-bond acceptors (Lipinski definition) is 4. The van der Waals surface area contributed by atoms with Crippen molar-refractivity contribution in [3.8, 4) is 0 Å². The van der Waals surface area contributed by atoms with E-state index in [9.17, 15) is 12.8 Å². The van der Waals surface area contributed by atoms with E-state index in [-0.39, 0.29) is 10.6 Å². The van der Waals surface area contributed by atoms with E-state index in [1.54, 1.807) is 36.4 Å². The van der Waals surface area contributed by atoms with Gasteiger partial charge in [0.05, 0.1) is 16.3 Å². The van der Waals surface area contributed by atoms with Gasteiger partial charge in [0, 0.05) is 31.7 Å². The lowest BCUT2D eigenvalue weighted by Crippen LogP contribution is -2.50. The molecule has 2 aliphatic heterocycles. The Morgan fingerprint density at radius 2 is 1.85 bits per heavy atom. The first-order valence-electron chi connectivity index (χ1n) is 9.30. The Balaban J connectivity index is 1.51. The highest BCUT2D eigenvalue weighted by molar-refractivity contribution is 7.92. The standard InChI is InChI=1S/C20H24FN3O2S/c1-15-4-7-18(8-5-15)27(25,26)22-16-6-9-20(19(21)13-16)24-12-11-23-10-2-3-17(23)14-24/h4-9,13,17,22H,2-3,10-12,14H2,1H3. The van der Waals surface area contributed by atoms with Gasteiger partial charge in [0.15, 0.2) is 0 Å². The number of benzene rings is 2. The zero-order chi connectivity index (χ0) is 19.0. The topological polar surface area (TPSA) is 52.7 Å². The monoisotopic (exact) mass is 389 g/mol. The Labute approximate surface area is 159 Å². The van der Waals surface area contributed by atoms with Crippen molar-refractivity contribution in [1.29, 1.82) is 0 Å². The molecule has 144 valence electrons. The largest absolute Gasteiger partial charge is 0.366 e. The van der Waals surface area contributed by atoms with Crippen LogP contribution in [-0.4, -0.2) is 45.5 Å². The van der Waals surface area contributed by atoms with Gasteiger partial charge in [0.25, 0.3) is 10.0 Å². The van der Waals surface area contributed by atoms with E-state index in [4.69, 9.17) is 0 Å². The Kier molecular flexibility index (Phi) is 4.82. The second kappa shape index (κ2) is 7.13. The fraction of sp³-hybridized carbons (Fsp3) is 0.400. The number of nitrogens with zero attached hydrogens (tertiary/aromatic N) is 2. The second-order valence-corrected chi connectivity index (χ2v) is 9.05. The quantitative estimate of drug-likeness (QED) is 0.872. The zero-order valence-corrected chi connectivity index (χ0v) is 16.2. The first kappa shape index (κ1) is 18.3. The lowest BCUT2D eigenvalue weighted by molar-refractivity contribution is 0.230. The molecule has 0 aliphatic carbocycles. The molecule has 0 aromatic heterocycles. The molecular weight excluding hydrogens is 365 g/mol. The summed E-state index contributed by atoms with van der Waals surface area (Å²) in [6.45, 7) is 5.60. The van der Waals surface area contributed by atoms with Crippen LogP contribution in [0.15, 0.2) is 47.4 Å². The van der Waals surface area contributed by atoms with Crippen molar-refractivity contribution >= 4 is 21.4 Å². The van der Waals surface area contributed by atoms with Gasteiger partial charge in [-0.05, 0) is 50.6 Å². The average Bonchev–Trinajstić information content (AvgIpc) is 3.09. The van der Waals surface area contributed by atoms with E-state index in [0.29, 0.717) is 11.7 Å².